The molecule has 4 heteroatoms. The average molecular weight is 247 g/mol. The molecule has 1 N–H and O–H groups in total. The fourth-order valence-corrected chi connectivity index (χ4v) is 1.94. The van der Waals surface area contributed by atoms with Gasteiger partial charge in [-0.15, -0.1) is 0 Å². The third kappa shape index (κ3) is 2.53. The molecule has 1 aliphatic rings. The Hall–Kier alpha value is -1.84. The van der Waals surface area contributed by atoms with E-state index < -0.39 is 0 Å². The van der Waals surface area contributed by atoms with Crippen LogP contribution in [0.15, 0.2) is 18.2 Å². The predicted molar refractivity (Wildman–Crippen MR) is 68.9 cm³/mol. The highest BCUT2D eigenvalue weighted by atomic mass is 16.5. The quantitative estimate of drug-likeness (QED) is 0.817. The number of nitrogens with one attached hydrogen (secondary N) is 1. The zero-order chi connectivity index (χ0) is 13.3. The fraction of sp³-hybridized carbons (Fsp3) is 0.429. The Labute approximate surface area is 106 Å². The lowest BCUT2D eigenvalue weighted by Gasteiger charge is -2.12. The van der Waals surface area contributed by atoms with Gasteiger partial charge in [-0.05, 0) is 25.1 Å². The largest absolute Gasteiger partial charge is 0.488 e. The molecule has 0 saturated heterocycles. The summed E-state index contributed by atoms with van der Waals surface area (Å²) in [5, 5.41) is 2.77. The number of anilines is 1. The summed E-state index contributed by atoms with van der Waals surface area (Å²) in [6, 6.07) is 5.17. The molecular formula is C14H17NO3. The van der Waals surface area contributed by atoms with E-state index >= 15 is 0 Å². The fourth-order valence-electron chi connectivity index (χ4n) is 1.94. The van der Waals surface area contributed by atoms with Crippen LogP contribution < -0.4 is 10.1 Å². The Morgan fingerprint density at radius 1 is 1.44 bits per heavy atom. The van der Waals surface area contributed by atoms with E-state index in [4.69, 9.17) is 4.74 Å². The van der Waals surface area contributed by atoms with Gasteiger partial charge >= 0.3 is 0 Å². The molecule has 1 heterocycles. The van der Waals surface area contributed by atoms with Crippen LogP contribution in [-0.2, 0) is 4.79 Å². The second kappa shape index (κ2) is 4.80. The molecule has 1 unspecified atom stereocenters. The van der Waals surface area contributed by atoms with Gasteiger partial charge < -0.3 is 10.1 Å². The molecule has 0 radical (unpaired) electrons. The number of hydrogen-bond donors (Lipinski definition) is 1. The van der Waals surface area contributed by atoms with E-state index in [1.54, 1.807) is 18.2 Å². The maximum atomic E-state index is 11.9. The molecule has 2 rings (SSSR count). The molecular weight excluding hydrogens is 230 g/mol. The van der Waals surface area contributed by atoms with Crippen LogP contribution in [0.4, 0.5) is 5.69 Å². The van der Waals surface area contributed by atoms with E-state index in [-0.39, 0.29) is 23.7 Å². The van der Waals surface area contributed by atoms with Crippen LogP contribution in [0.2, 0.25) is 0 Å². The van der Waals surface area contributed by atoms with Crippen LogP contribution >= 0.6 is 0 Å². The summed E-state index contributed by atoms with van der Waals surface area (Å²) in [5.41, 5.74) is 1.18. The van der Waals surface area contributed by atoms with Crippen LogP contribution in [0.3, 0.4) is 0 Å². The summed E-state index contributed by atoms with van der Waals surface area (Å²) in [5.74, 6) is 0.526. The maximum Gasteiger partial charge on any atom is 0.228 e. The molecule has 1 aromatic carbocycles. The van der Waals surface area contributed by atoms with Gasteiger partial charge in [-0.2, -0.15) is 0 Å². The van der Waals surface area contributed by atoms with Crippen molar-refractivity contribution >= 4 is 17.4 Å². The summed E-state index contributed by atoms with van der Waals surface area (Å²) in [6.45, 7) is 5.55. The summed E-state index contributed by atoms with van der Waals surface area (Å²) in [6.07, 6.45) is 0.167. The van der Waals surface area contributed by atoms with Crippen molar-refractivity contribution in [3.05, 3.63) is 23.8 Å². The molecule has 0 aliphatic carbocycles. The number of fused-ring (bicyclic) bond motifs is 1. The lowest BCUT2D eigenvalue weighted by Crippen LogP contribution is -2.17. The number of ketones is 1. The first-order valence-electron chi connectivity index (χ1n) is 6.12. The standard InChI is InChI=1S/C14H17NO3/c1-8(2)14(17)10-4-5-12-11(7-10)15-13(16)6-9(3)18-12/h4-5,7-9H,6H2,1-3H3,(H,15,16). The second-order valence-corrected chi connectivity index (χ2v) is 4.91. The number of carbonyl (C=O) groups is 2. The van der Waals surface area contributed by atoms with Crippen molar-refractivity contribution in [2.45, 2.75) is 33.3 Å². The minimum absolute atomic E-state index is 0.0596. The molecule has 0 saturated carbocycles. The molecule has 4 nitrogen and oxygen atoms in total. The summed E-state index contributed by atoms with van der Waals surface area (Å²) < 4.78 is 5.63. The molecule has 1 aliphatic heterocycles. The van der Waals surface area contributed by atoms with E-state index in [1.165, 1.54) is 0 Å². The minimum atomic E-state index is -0.155. The van der Waals surface area contributed by atoms with Crippen molar-refractivity contribution in [3.63, 3.8) is 0 Å². The molecule has 18 heavy (non-hydrogen) atoms. The third-order valence-corrected chi connectivity index (χ3v) is 2.86. The van der Waals surface area contributed by atoms with Crippen molar-refractivity contribution in [2.75, 3.05) is 5.32 Å². The first-order chi connectivity index (χ1) is 8.47. The number of amides is 1. The highest BCUT2D eigenvalue weighted by molar-refractivity contribution is 6.00. The lowest BCUT2D eigenvalue weighted by molar-refractivity contribution is -0.117. The van der Waals surface area contributed by atoms with E-state index in [1.807, 2.05) is 20.8 Å². The van der Waals surface area contributed by atoms with Gasteiger partial charge in [0.1, 0.15) is 11.9 Å². The van der Waals surface area contributed by atoms with Crippen LogP contribution in [0.25, 0.3) is 0 Å². The van der Waals surface area contributed by atoms with E-state index in [9.17, 15) is 9.59 Å². The Kier molecular flexibility index (Phi) is 3.36. The van der Waals surface area contributed by atoms with Gasteiger partial charge in [0, 0.05) is 11.5 Å². The smallest absolute Gasteiger partial charge is 0.228 e. The second-order valence-electron chi connectivity index (χ2n) is 4.91. The molecule has 0 aromatic heterocycles. The number of hydrogen-bond acceptors (Lipinski definition) is 3. The molecule has 96 valence electrons. The lowest BCUT2D eigenvalue weighted by atomic mass is 10.0. The van der Waals surface area contributed by atoms with Crippen molar-refractivity contribution in [3.8, 4) is 5.75 Å². The summed E-state index contributed by atoms with van der Waals surface area (Å²) >= 11 is 0. The molecule has 0 fully saturated rings. The van der Waals surface area contributed by atoms with E-state index in [2.05, 4.69) is 5.32 Å². The van der Waals surface area contributed by atoms with Gasteiger partial charge in [-0.1, -0.05) is 13.8 Å². The molecule has 1 atom stereocenters. The van der Waals surface area contributed by atoms with Gasteiger partial charge in [0.25, 0.3) is 0 Å². The van der Waals surface area contributed by atoms with Crippen LogP contribution in [0.5, 0.6) is 5.75 Å². The van der Waals surface area contributed by atoms with Gasteiger partial charge in [0.15, 0.2) is 5.78 Å². The first kappa shape index (κ1) is 12.6. The van der Waals surface area contributed by atoms with Gasteiger partial charge in [-0.3, -0.25) is 9.59 Å². The maximum absolute atomic E-state index is 11.9. The number of benzene rings is 1. The van der Waals surface area contributed by atoms with Crippen molar-refractivity contribution in [1.82, 2.24) is 0 Å². The minimum Gasteiger partial charge on any atom is -0.488 e. The number of Topliss-reactive ketones (excluding diaryl/α,β-unsaturated/α-hetero) is 1. The summed E-state index contributed by atoms with van der Waals surface area (Å²) in [4.78, 5) is 23.5. The highest BCUT2D eigenvalue weighted by Gasteiger charge is 2.21. The molecule has 1 aromatic rings. The zero-order valence-corrected chi connectivity index (χ0v) is 10.8. The number of ether oxygens (including phenoxy) is 1. The number of carbonyl (C=O) groups excluding carboxylic acids is 2. The van der Waals surface area contributed by atoms with Crippen molar-refractivity contribution in [2.24, 2.45) is 5.92 Å². The van der Waals surface area contributed by atoms with Crippen LogP contribution in [-0.4, -0.2) is 17.8 Å². The SMILES string of the molecule is CC1CC(=O)Nc2cc(C(=O)C(C)C)ccc2O1. The Morgan fingerprint density at radius 3 is 2.83 bits per heavy atom. The Morgan fingerprint density at radius 2 is 2.17 bits per heavy atom. The highest BCUT2D eigenvalue weighted by Crippen LogP contribution is 2.30. The van der Waals surface area contributed by atoms with Crippen LogP contribution in [0.1, 0.15) is 37.6 Å². The van der Waals surface area contributed by atoms with Crippen molar-refractivity contribution in [1.29, 1.82) is 0 Å². The van der Waals surface area contributed by atoms with E-state index in [0.29, 0.717) is 23.4 Å². The first-order valence-corrected chi connectivity index (χ1v) is 6.12. The summed E-state index contributed by atoms with van der Waals surface area (Å²) in [7, 11) is 0. The normalized spacial score (nSPS) is 18.7. The number of rotatable bonds is 2. The van der Waals surface area contributed by atoms with Crippen LogP contribution in [0, 0.1) is 5.92 Å². The van der Waals surface area contributed by atoms with Crippen molar-refractivity contribution < 1.29 is 14.3 Å². The van der Waals surface area contributed by atoms with E-state index in [0.717, 1.165) is 0 Å². The predicted octanol–water partition coefficient (Wildman–Crippen LogP) is 2.63. The van der Waals surface area contributed by atoms with Gasteiger partial charge in [0.05, 0.1) is 12.1 Å². The average Bonchev–Trinajstić information content (AvgIpc) is 2.43. The molecule has 0 spiro atoms. The molecule has 0 bridgehead atoms. The zero-order valence-electron chi connectivity index (χ0n) is 10.8. The van der Waals surface area contributed by atoms with Gasteiger partial charge in [0.2, 0.25) is 5.91 Å². The third-order valence-electron chi connectivity index (χ3n) is 2.86. The Balaban J connectivity index is 2.37. The Bertz CT molecular complexity index is 494. The molecule has 1 amide bonds. The topological polar surface area (TPSA) is 55.4 Å². The van der Waals surface area contributed by atoms with Gasteiger partial charge in [-0.25, -0.2) is 0 Å². The monoisotopic (exact) mass is 247 g/mol.